The van der Waals surface area contributed by atoms with Crippen LogP contribution in [0.1, 0.15) is 57.7 Å². The van der Waals surface area contributed by atoms with E-state index < -0.39 is 0 Å². The minimum Gasteiger partial charge on any atom is -0.293 e. The Balaban J connectivity index is 2.00. The van der Waals surface area contributed by atoms with Crippen molar-refractivity contribution < 1.29 is 0 Å². The molecule has 1 saturated heterocycles. The Morgan fingerprint density at radius 3 is 3.00 bits per heavy atom. The minimum absolute atomic E-state index is 0.488. The Labute approximate surface area is 121 Å². The highest BCUT2D eigenvalue weighted by Crippen LogP contribution is 2.20. The molecule has 1 aliphatic heterocycles. The largest absolute Gasteiger partial charge is 0.293 e. The van der Waals surface area contributed by atoms with Gasteiger partial charge in [-0.1, -0.05) is 19.8 Å². The molecule has 0 bridgehead atoms. The summed E-state index contributed by atoms with van der Waals surface area (Å²) in [6, 6.07) is 3.17. The van der Waals surface area contributed by atoms with E-state index in [9.17, 15) is 0 Å². The van der Waals surface area contributed by atoms with Crippen molar-refractivity contribution in [1.82, 2.24) is 14.7 Å². The zero-order valence-corrected chi connectivity index (χ0v) is 12.9. The summed E-state index contributed by atoms with van der Waals surface area (Å²) in [7, 11) is 0. The molecule has 19 heavy (non-hydrogen) atoms. The highest BCUT2D eigenvalue weighted by Gasteiger charge is 2.21. The average Bonchev–Trinajstić information content (AvgIpc) is 2.77. The molecule has 108 valence electrons. The molecule has 0 radical (unpaired) electrons. The van der Waals surface area contributed by atoms with Crippen LogP contribution in [0.4, 0.5) is 0 Å². The standard InChI is InChI=1S/C15H26ClN3/c1-3-13(2)19-10-8-14(17-19)12-18-9-6-4-5-7-15(18)11-16/h8,10,13,15H,3-7,9,11-12H2,1-2H3. The van der Waals surface area contributed by atoms with Gasteiger partial charge < -0.3 is 0 Å². The lowest BCUT2D eigenvalue weighted by Gasteiger charge is -2.27. The molecule has 2 heterocycles. The predicted molar refractivity (Wildman–Crippen MR) is 80.6 cm³/mol. The Morgan fingerprint density at radius 1 is 1.42 bits per heavy atom. The van der Waals surface area contributed by atoms with E-state index in [-0.39, 0.29) is 0 Å². The first kappa shape index (κ1) is 14.9. The summed E-state index contributed by atoms with van der Waals surface area (Å²) in [5.74, 6) is 0.742. The topological polar surface area (TPSA) is 21.1 Å². The van der Waals surface area contributed by atoms with Crippen molar-refractivity contribution in [2.24, 2.45) is 0 Å². The molecular formula is C15H26ClN3. The molecule has 3 nitrogen and oxygen atoms in total. The van der Waals surface area contributed by atoms with Crippen molar-refractivity contribution in [1.29, 1.82) is 0 Å². The van der Waals surface area contributed by atoms with Crippen LogP contribution in [0.25, 0.3) is 0 Å². The maximum absolute atomic E-state index is 6.12. The number of hydrogen-bond acceptors (Lipinski definition) is 2. The van der Waals surface area contributed by atoms with Crippen LogP contribution >= 0.6 is 11.6 Å². The van der Waals surface area contributed by atoms with E-state index in [0.717, 1.165) is 25.4 Å². The Bertz CT molecular complexity index is 377. The monoisotopic (exact) mass is 283 g/mol. The number of alkyl halides is 1. The van der Waals surface area contributed by atoms with Crippen LogP contribution in [-0.2, 0) is 6.54 Å². The molecule has 2 atom stereocenters. The molecule has 0 N–H and O–H groups in total. The predicted octanol–water partition coefficient (Wildman–Crippen LogP) is 3.84. The molecule has 0 aromatic carbocycles. The molecule has 1 fully saturated rings. The normalized spacial score (nSPS) is 23.2. The van der Waals surface area contributed by atoms with Crippen molar-refractivity contribution >= 4 is 11.6 Å². The summed E-state index contributed by atoms with van der Waals surface area (Å²) in [6.07, 6.45) is 8.40. The maximum Gasteiger partial charge on any atom is 0.0765 e. The van der Waals surface area contributed by atoms with Gasteiger partial charge in [0.15, 0.2) is 0 Å². The third-order valence-corrected chi connectivity index (χ3v) is 4.60. The van der Waals surface area contributed by atoms with Crippen LogP contribution in [0.3, 0.4) is 0 Å². The number of likely N-dealkylation sites (tertiary alicyclic amines) is 1. The second kappa shape index (κ2) is 7.30. The SMILES string of the molecule is CCC(C)n1ccc(CN2CCCCCC2CCl)n1. The lowest BCUT2D eigenvalue weighted by molar-refractivity contribution is 0.204. The second-order valence-corrected chi connectivity index (χ2v) is 5.98. The van der Waals surface area contributed by atoms with Gasteiger partial charge in [-0.2, -0.15) is 5.10 Å². The molecule has 4 heteroatoms. The van der Waals surface area contributed by atoms with Crippen LogP contribution in [0.2, 0.25) is 0 Å². The van der Waals surface area contributed by atoms with Gasteiger partial charge in [0.05, 0.1) is 5.69 Å². The lowest BCUT2D eigenvalue weighted by Crippen LogP contribution is -2.35. The van der Waals surface area contributed by atoms with Crippen LogP contribution < -0.4 is 0 Å². The highest BCUT2D eigenvalue weighted by molar-refractivity contribution is 6.18. The molecule has 0 saturated carbocycles. The van der Waals surface area contributed by atoms with Gasteiger partial charge in [0.25, 0.3) is 0 Å². The Hall–Kier alpha value is -0.540. The number of hydrogen-bond donors (Lipinski definition) is 0. The lowest BCUT2D eigenvalue weighted by atomic mass is 10.1. The fourth-order valence-corrected chi connectivity index (χ4v) is 3.07. The van der Waals surface area contributed by atoms with Crippen molar-refractivity contribution in [3.63, 3.8) is 0 Å². The third-order valence-electron chi connectivity index (χ3n) is 4.25. The Morgan fingerprint density at radius 2 is 2.26 bits per heavy atom. The molecule has 0 aliphatic carbocycles. The van der Waals surface area contributed by atoms with Crippen molar-refractivity contribution in [3.05, 3.63) is 18.0 Å². The molecule has 1 aromatic rings. The van der Waals surface area contributed by atoms with E-state index >= 15 is 0 Å². The van der Waals surface area contributed by atoms with E-state index in [0.29, 0.717) is 12.1 Å². The molecule has 0 amide bonds. The van der Waals surface area contributed by atoms with Gasteiger partial charge in [-0.15, -0.1) is 11.6 Å². The summed E-state index contributed by atoms with van der Waals surface area (Å²) >= 11 is 6.12. The van der Waals surface area contributed by atoms with E-state index in [1.807, 2.05) is 0 Å². The smallest absolute Gasteiger partial charge is 0.0765 e. The van der Waals surface area contributed by atoms with Gasteiger partial charge >= 0.3 is 0 Å². The molecular weight excluding hydrogens is 258 g/mol. The van der Waals surface area contributed by atoms with Crippen LogP contribution in [0.15, 0.2) is 12.3 Å². The summed E-state index contributed by atoms with van der Waals surface area (Å²) in [4.78, 5) is 2.52. The number of halogens is 1. The van der Waals surface area contributed by atoms with Gasteiger partial charge in [0.1, 0.15) is 0 Å². The zero-order chi connectivity index (χ0) is 13.7. The highest BCUT2D eigenvalue weighted by atomic mass is 35.5. The quantitative estimate of drug-likeness (QED) is 0.766. The average molecular weight is 284 g/mol. The van der Waals surface area contributed by atoms with Gasteiger partial charge in [-0.25, -0.2) is 0 Å². The fourth-order valence-electron chi connectivity index (χ4n) is 2.72. The number of nitrogens with zero attached hydrogens (tertiary/aromatic N) is 3. The molecule has 1 aliphatic rings. The maximum atomic E-state index is 6.12. The first-order chi connectivity index (χ1) is 9.24. The second-order valence-electron chi connectivity index (χ2n) is 5.67. The summed E-state index contributed by atoms with van der Waals surface area (Å²) < 4.78 is 2.09. The van der Waals surface area contributed by atoms with E-state index in [2.05, 4.69) is 35.7 Å². The van der Waals surface area contributed by atoms with Crippen LogP contribution in [0.5, 0.6) is 0 Å². The van der Waals surface area contributed by atoms with Gasteiger partial charge in [0.2, 0.25) is 0 Å². The van der Waals surface area contributed by atoms with E-state index in [1.165, 1.54) is 31.4 Å². The first-order valence-electron chi connectivity index (χ1n) is 7.58. The van der Waals surface area contributed by atoms with Gasteiger partial charge in [-0.3, -0.25) is 9.58 Å². The number of aromatic nitrogens is 2. The molecule has 1 aromatic heterocycles. The molecule has 0 spiro atoms. The van der Waals surface area contributed by atoms with E-state index in [1.54, 1.807) is 0 Å². The first-order valence-corrected chi connectivity index (χ1v) is 8.12. The van der Waals surface area contributed by atoms with Crippen molar-refractivity contribution in [2.75, 3.05) is 12.4 Å². The van der Waals surface area contributed by atoms with Gasteiger partial charge in [0, 0.05) is 30.7 Å². The summed E-state index contributed by atoms with van der Waals surface area (Å²) in [5, 5.41) is 4.71. The fraction of sp³-hybridized carbons (Fsp3) is 0.800. The summed E-state index contributed by atoms with van der Waals surface area (Å²) in [6.45, 7) is 6.52. The van der Waals surface area contributed by atoms with Crippen LogP contribution in [-0.4, -0.2) is 33.1 Å². The van der Waals surface area contributed by atoms with E-state index in [4.69, 9.17) is 16.7 Å². The van der Waals surface area contributed by atoms with Crippen LogP contribution in [0, 0.1) is 0 Å². The Kier molecular flexibility index (Phi) is 5.71. The third kappa shape index (κ3) is 3.96. The minimum atomic E-state index is 0.488. The van der Waals surface area contributed by atoms with Crippen molar-refractivity contribution in [2.45, 2.75) is 64.6 Å². The van der Waals surface area contributed by atoms with Crippen molar-refractivity contribution in [3.8, 4) is 0 Å². The van der Waals surface area contributed by atoms with Gasteiger partial charge in [-0.05, 0) is 38.8 Å². The number of rotatable bonds is 5. The summed E-state index contributed by atoms with van der Waals surface area (Å²) in [5.41, 5.74) is 1.18. The molecule has 2 unspecified atom stereocenters. The molecule has 2 rings (SSSR count). The zero-order valence-electron chi connectivity index (χ0n) is 12.2.